The highest BCUT2D eigenvalue weighted by Gasteiger charge is 2.30. The molecule has 0 spiro atoms. The van der Waals surface area contributed by atoms with Crippen LogP contribution in [0.5, 0.6) is 5.75 Å². The van der Waals surface area contributed by atoms with Gasteiger partial charge in [-0.1, -0.05) is 30.3 Å². The second-order valence-corrected chi connectivity index (χ2v) is 6.40. The van der Waals surface area contributed by atoms with Crippen molar-refractivity contribution in [1.29, 1.82) is 0 Å². The largest absolute Gasteiger partial charge is 0.496 e. The van der Waals surface area contributed by atoms with Crippen LogP contribution >= 0.6 is 0 Å². The Morgan fingerprint density at radius 1 is 1.13 bits per heavy atom. The van der Waals surface area contributed by atoms with E-state index < -0.39 is 23.2 Å². The molecule has 9 heteroatoms. The van der Waals surface area contributed by atoms with Gasteiger partial charge in [0, 0.05) is 23.7 Å². The molecule has 0 aliphatic carbocycles. The molecule has 2 aromatic carbocycles. The van der Waals surface area contributed by atoms with Gasteiger partial charge in [-0.2, -0.15) is 13.2 Å². The first kappa shape index (κ1) is 21.1. The van der Waals surface area contributed by atoms with Gasteiger partial charge in [-0.3, -0.25) is 14.2 Å². The maximum absolute atomic E-state index is 12.7. The molecule has 1 aromatic heterocycles. The van der Waals surface area contributed by atoms with Crippen LogP contribution < -0.4 is 15.6 Å². The molecule has 0 aliphatic rings. The zero-order valence-electron chi connectivity index (χ0n) is 15.9. The highest BCUT2D eigenvalue weighted by Crippen LogP contribution is 2.30. The number of para-hydroxylation sites is 1. The lowest BCUT2D eigenvalue weighted by Crippen LogP contribution is -2.32. The fourth-order valence-corrected chi connectivity index (χ4v) is 2.79. The molecule has 3 aromatic rings. The average molecular weight is 417 g/mol. The van der Waals surface area contributed by atoms with Gasteiger partial charge in [-0.15, -0.1) is 0 Å². The Bertz CT molecular complexity index is 1090. The fourth-order valence-electron chi connectivity index (χ4n) is 2.79. The number of rotatable bonds is 6. The van der Waals surface area contributed by atoms with E-state index in [1.807, 2.05) is 18.2 Å². The van der Waals surface area contributed by atoms with E-state index in [1.54, 1.807) is 6.07 Å². The van der Waals surface area contributed by atoms with Crippen LogP contribution in [0.3, 0.4) is 0 Å². The van der Waals surface area contributed by atoms with Crippen LogP contribution in [0.15, 0.2) is 65.7 Å². The summed E-state index contributed by atoms with van der Waals surface area (Å²) in [6.07, 6.45) is -3.25. The maximum atomic E-state index is 12.7. The summed E-state index contributed by atoms with van der Waals surface area (Å²) in [5.74, 6) is 0.240. The molecule has 0 saturated carbocycles. The predicted octanol–water partition coefficient (Wildman–Crippen LogP) is 3.25. The summed E-state index contributed by atoms with van der Waals surface area (Å²) < 4.78 is 44.3. The number of methoxy groups -OCH3 is 1. The second-order valence-electron chi connectivity index (χ2n) is 6.40. The molecule has 1 amide bonds. The van der Waals surface area contributed by atoms with Crippen molar-refractivity contribution in [2.45, 2.75) is 19.3 Å². The van der Waals surface area contributed by atoms with E-state index in [0.717, 1.165) is 22.3 Å². The number of amides is 1. The van der Waals surface area contributed by atoms with Gasteiger partial charge in [-0.25, -0.2) is 4.98 Å². The van der Waals surface area contributed by atoms with Gasteiger partial charge in [0.15, 0.2) is 0 Å². The first-order valence-electron chi connectivity index (χ1n) is 8.90. The van der Waals surface area contributed by atoms with Crippen LogP contribution in [-0.2, 0) is 24.1 Å². The maximum Gasteiger partial charge on any atom is 0.416 e. The second kappa shape index (κ2) is 8.81. The van der Waals surface area contributed by atoms with Gasteiger partial charge < -0.3 is 10.1 Å². The van der Waals surface area contributed by atoms with Crippen LogP contribution in [0, 0.1) is 0 Å². The van der Waals surface area contributed by atoms with Crippen molar-refractivity contribution in [2.75, 3.05) is 7.11 Å². The molecule has 0 unspecified atom stereocenters. The highest BCUT2D eigenvalue weighted by molar-refractivity contribution is 5.75. The van der Waals surface area contributed by atoms with Crippen molar-refractivity contribution in [2.24, 2.45) is 0 Å². The zero-order valence-corrected chi connectivity index (χ0v) is 15.9. The minimum absolute atomic E-state index is 0.222. The van der Waals surface area contributed by atoms with Crippen LogP contribution in [-0.4, -0.2) is 22.6 Å². The van der Waals surface area contributed by atoms with E-state index in [4.69, 9.17) is 4.74 Å². The molecule has 1 heterocycles. The molecular formula is C21H18F3N3O3. The van der Waals surface area contributed by atoms with Gasteiger partial charge in [0.05, 0.1) is 24.7 Å². The van der Waals surface area contributed by atoms with Crippen molar-refractivity contribution < 1.29 is 22.7 Å². The minimum Gasteiger partial charge on any atom is -0.496 e. The third-order valence-electron chi connectivity index (χ3n) is 4.37. The lowest BCUT2D eigenvalue weighted by molar-refractivity contribution is -0.137. The van der Waals surface area contributed by atoms with Gasteiger partial charge in [0.1, 0.15) is 12.3 Å². The molecule has 0 atom stereocenters. The summed E-state index contributed by atoms with van der Waals surface area (Å²) in [4.78, 5) is 28.6. The van der Waals surface area contributed by atoms with Crippen molar-refractivity contribution in [1.82, 2.24) is 14.9 Å². The standard InChI is InChI=1S/C21H18F3N3O3/c1-30-18-5-3-2-4-15(18)11-25-19(28)12-27-13-26-17(10-20(27)29)14-6-8-16(9-7-14)21(22,23)24/h2-10,13H,11-12H2,1H3,(H,25,28). The Hall–Kier alpha value is -3.62. The van der Waals surface area contributed by atoms with Crippen LogP contribution in [0.2, 0.25) is 0 Å². The minimum atomic E-state index is -4.44. The van der Waals surface area contributed by atoms with Crippen molar-refractivity contribution >= 4 is 5.91 Å². The molecule has 3 rings (SSSR count). The summed E-state index contributed by atoms with van der Waals surface area (Å²) in [6.45, 7) is -0.0110. The average Bonchev–Trinajstić information content (AvgIpc) is 2.73. The highest BCUT2D eigenvalue weighted by atomic mass is 19.4. The smallest absolute Gasteiger partial charge is 0.416 e. The number of benzene rings is 2. The molecule has 1 N–H and O–H groups in total. The SMILES string of the molecule is COc1ccccc1CNC(=O)Cn1cnc(-c2ccc(C(F)(F)F)cc2)cc1=O. The Morgan fingerprint density at radius 2 is 1.83 bits per heavy atom. The Balaban J connectivity index is 1.66. The third-order valence-corrected chi connectivity index (χ3v) is 4.37. The zero-order chi connectivity index (χ0) is 21.7. The third kappa shape index (κ3) is 5.05. The quantitative estimate of drug-likeness (QED) is 0.668. The van der Waals surface area contributed by atoms with Crippen LogP contribution in [0.25, 0.3) is 11.3 Å². The Morgan fingerprint density at radius 3 is 2.47 bits per heavy atom. The molecule has 0 fully saturated rings. The Kier molecular flexibility index (Phi) is 6.20. The number of carbonyl (C=O) groups excluding carboxylic acids is 1. The van der Waals surface area contributed by atoms with E-state index in [9.17, 15) is 22.8 Å². The number of hydrogen-bond acceptors (Lipinski definition) is 4. The molecule has 0 aliphatic heterocycles. The molecule has 6 nitrogen and oxygen atoms in total. The molecule has 0 radical (unpaired) electrons. The molecule has 0 bridgehead atoms. The topological polar surface area (TPSA) is 73.2 Å². The van der Waals surface area contributed by atoms with E-state index in [2.05, 4.69) is 10.3 Å². The molecule has 156 valence electrons. The van der Waals surface area contributed by atoms with Crippen molar-refractivity contribution in [3.63, 3.8) is 0 Å². The summed E-state index contributed by atoms with van der Waals surface area (Å²) in [7, 11) is 1.53. The van der Waals surface area contributed by atoms with Crippen LogP contribution in [0.4, 0.5) is 13.2 Å². The van der Waals surface area contributed by atoms with Gasteiger partial charge in [0.2, 0.25) is 5.91 Å². The summed E-state index contributed by atoms with van der Waals surface area (Å²) in [5, 5.41) is 2.70. The molecule has 30 heavy (non-hydrogen) atoms. The molecule has 0 saturated heterocycles. The lowest BCUT2D eigenvalue weighted by Gasteiger charge is -2.11. The number of nitrogens with zero attached hydrogens (tertiary/aromatic N) is 2. The lowest BCUT2D eigenvalue weighted by atomic mass is 10.1. The number of hydrogen-bond donors (Lipinski definition) is 1. The number of carbonyl (C=O) groups is 1. The summed E-state index contributed by atoms with van der Waals surface area (Å²) in [6, 6.07) is 12.7. The number of halogens is 3. The van der Waals surface area contributed by atoms with Gasteiger partial charge in [0.25, 0.3) is 5.56 Å². The number of aromatic nitrogens is 2. The first-order chi connectivity index (χ1) is 14.3. The first-order valence-corrected chi connectivity index (χ1v) is 8.90. The molecular weight excluding hydrogens is 399 g/mol. The number of nitrogens with one attached hydrogen (secondary N) is 1. The monoisotopic (exact) mass is 417 g/mol. The van der Waals surface area contributed by atoms with E-state index >= 15 is 0 Å². The summed E-state index contributed by atoms with van der Waals surface area (Å²) >= 11 is 0. The number of alkyl halides is 3. The Labute approximate surface area is 170 Å². The summed E-state index contributed by atoms with van der Waals surface area (Å²) in [5.41, 5.74) is 0.0994. The van der Waals surface area contributed by atoms with E-state index in [-0.39, 0.29) is 18.8 Å². The van der Waals surface area contributed by atoms with Gasteiger partial charge in [-0.05, 0) is 18.2 Å². The van der Waals surface area contributed by atoms with E-state index in [0.29, 0.717) is 11.3 Å². The van der Waals surface area contributed by atoms with Gasteiger partial charge >= 0.3 is 6.18 Å². The normalized spacial score (nSPS) is 11.2. The van der Waals surface area contributed by atoms with E-state index in [1.165, 1.54) is 31.6 Å². The van der Waals surface area contributed by atoms with Crippen LogP contribution in [0.1, 0.15) is 11.1 Å². The fraction of sp³-hybridized carbons (Fsp3) is 0.190. The predicted molar refractivity (Wildman–Crippen MR) is 104 cm³/mol. The number of ether oxygens (including phenoxy) is 1. The van der Waals surface area contributed by atoms with Crippen molar-refractivity contribution in [3.05, 3.63) is 82.4 Å². The van der Waals surface area contributed by atoms with Crippen molar-refractivity contribution in [3.8, 4) is 17.0 Å².